The SMILES string of the molecule is C=C(CCC(Cl)=NCC=O)NC(=O)OC(C)(C)C. The van der Waals surface area contributed by atoms with Crippen LogP contribution in [0, 0.1) is 0 Å². The predicted octanol–water partition coefficient (Wildman–Crippen LogP) is 2.64. The number of allylic oxidation sites excluding steroid dienone is 1. The van der Waals surface area contributed by atoms with Gasteiger partial charge in [-0.2, -0.15) is 0 Å². The average Bonchev–Trinajstić information content (AvgIpc) is 2.20. The Morgan fingerprint density at radius 2 is 2.06 bits per heavy atom. The Balaban J connectivity index is 3.98. The summed E-state index contributed by atoms with van der Waals surface area (Å²) in [6.07, 6.45) is 0.981. The first-order valence-corrected chi connectivity index (χ1v) is 5.92. The van der Waals surface area contributed by atoms with E-state index in [1.807, 2.05) is 0 Å². The van der Waals surface area contributed by atoms with Crippen LogP contribution >= 0.6 is 11.6 Å². The van der Waals surface area contributed by atoms with Gasteiger partial charge in [0, 0.05) is 12.1 Å². The van der Waals surface area contributed by atoms with Crippen LogP contribution in [0.3, 0.4) is 0 Å². The minimum atomic E-state index is -0.548. The summed E-state index contributed by atoms with van der Waals surface area (Å²) in [5.74, 6) is 0. The molecule has 0 atom stereocenters. The number of amides is 1. The molecule has 0 aromatic heterocycles. The van der Waals surface area contributed by atoms with Gasteiger partial charge in [0.15, 0.2) is 0 Å². The number of carbonyl (C=O) groups is 2. The van der Waals surface area contributed by atoms with E-state index in [0.717, 1.165) is 0 Å². The van der Waals surface area contributed by atoms with Gasteiger partial charge in [0.25, 0.3) is 0 Å². The van der Waals surface area contributed by atoms with E-state index in [-0.39, 0.29) is 6.54 Å². The summed E-state index contributed by atoms with van der Waals surface area (Å²) < 4.78 is 5.06. The molecule has 0 fully saturated rings. The van der Waals surface area contributed by atoms with Crippen LogP contribution < -0.4 is 5.32 Å². The van der Waals surface area contributed by atoms with Gasteiger partial charge in [-0.3, -0.25) is 10.3 Å². The number of aliphatic imine (C=N–C) groups is 1. The second-order valence-electron chi connectivity index (χ2n) is 4.61. The van der Waals surface area contributed by atoms with E-state index in [2.05, 4.69) is 16.9 Å². The Labute approximate surface area is 112 Å². The van der Waals surface area contributed by atoms with E-state index in [1.165, 1.54) is 0 Å². The fourth-order valence-electron chi connectivity index (χ4n) is 0.980. The monoisotopic (exact) mass is 274 g/mol. The van der Waals surface area contributed by atoms with Crippen molar-refractivity contribution in [2.45, 2.75) is 39.2 Å². The maximum absolute atomic E-state index is 11.4. The number of rotatable bonds is 6. The zero-order valence-corrected chi connectivity index (χ0v) is 11.7. The Bertz CT molecular complexity index is 346. The smallest absolute Gasteiger partial charge is 0.411 e. The van der Waals surface area contributed by atoms with Crippen molar-refractivity contribution in [3.8, 4) is 0 Å². The number of ether oxygens (including phenoxy) is 1. The molecule has 0 bridgehead atoms. The third-order valence-corrected chi connectivity index (χ3v) is 1.96. The van der Waals surface area contributed by atoms with Crippen LogP contribution in [0.4, 0.5) is 4.79 Å². The van der Waals surface area contributed by atoms with Crippen molar-refractivity contribution in [3.63, 3.8) is 0 Å². The Kier molecular flexibility index (Phi) is 7.27. The Hall–Kier alpha value is -1.36. The number of halogens is 1. The van der Waals surface area contributed by atoms with Gasteiger partial charge < -0.3 is 9.53 Å². The number of hydrogen-bond donors (Lipinski definition) is 1. The third kappa shape index (κ3) is 9.84. The van der Waals surface area contributed by atoms with E-state index in [9.17, 15) is 9.59 Å². The minimum absolute atomic E-state index is 0.0464. The molecule has 0 rings (SSSR count). The van der Waals surface area contributed by atoms with Crippen molar-refractivity contribution >= 4 is 29.2 Å². The van der Waals surface area contributed by atoms with E-state index in [0.29, 0.717) is 30.0 Å². The fourth-order valence-corrected chi connectivity index (χ4v) is 1.14. The molecule has 0 spiro atoms. The molecule has 0 saturated heterocycles. The second kappa shape index (κ2) is 7.87. The molecule has 6 heteroatoms. The van der Waals surface area contributed by atoms with Crippen LogP contribution in [-0.2, 0) is 9.53 Å². The molecular formula is C12H19ClN2O3. The molecule has 0 radical (unpaired) electrons. The van der Waals surface area contributed by atoms with E-state index in [1.54, 1.807) is 20.8 Å². The number of nitrogens with zero attached hydrogens (tertiary/aromatic N) is 1. The van der Waals surface area contributed by atoms with Crippen molar-refractivity contribution in [2.75, 3.05) is 6.54 Å². The highest BCUT2D eigenvalue weighted by atomic mass is 35.5. The molecule has 0 heterocycles. The van der Waals surface area contributed by atoms with E-state index < -0.39 is 11.7 Å². The van der Waals surface area contributed by atoms with Gasteiger partial charge in [0.05, 0.1) is 6.54 Å². The van der Waals surface area contributed by atoms with Crippen molar-refractivity contribution < 1.29 is 14.3 Å². The first-order chi connectivity index (χ1) is 8.24. The first-order valence-electron chi connectivity index (χ1n) is 5.55. The molecule has 0 aromatic rings. The van der Waals surface area contributed by atoms with Crippen LogP contribution in [0.1, 0.15) is 33.6 Å². The van der Waals surface area contributed by atoms with Gasteiger partial charge >= 0.3 is 6.09 Å². The summed E-state index contributed by atoms with van der Waals surface area (Å²) in [6, 6.07) is 0. The lowest BCUT2D eigenvalue weighted by Gasteiger charge is -2.20. The highest BCUT2D eigenvalue weighted by Crippen LogP contribution is 2.08. The predicted molar refractivity (Wildman–Crippen MR) is 72.0 cm³/mol. The minimum Gasteiger partial charge on any atom is -0.444 e. The summed E-state index contributed by atoms with van der Waals surface area (Å²) in [4.78, 5) is 25.2. The maximum Gasteiger partial charge on any atom is 0.411 e. The molecule has 102 valence electrons. The van der Waals surface area contributed by atoms with Gasteiger partial charge in [0.1, 0.15) is 17.1 Å². The molecule has 0 aliphatic heterocycles. The zero-order chi connectivity index (χ0) is 14.2. The molecule has 1 amide bonds. The fraction of sp³-hybridized carbons (Fsp3) is 0.583. The van der Waals surface area contributed by atoms with Crippen LogP contribution in [0.25, 0.3) is 0 Å². The molecule has 5 nitrogen and oxygen atoms in total. The van der Waals surface area contributed by atoms with Crippen LogP contribution in [0.2, 0.25) is 0 Å². The molecule has 0 unspecified atom stereocenters. The van der Waals surface area contributed by atoms with Gasteiger partial charge in [0.2, 0.25) is 0 Å². The van der Waals surface area contributed by atoms with E-state index in [4.69, 9.17) is 16.3 Å². The number of alkyl carbamates (subject to hydrolysis) is 1. The lowest BCUT2D eigenvalue weighted by molar-refractivity contribution is -0.106. The van der Waals surface area contributed by atoms with Gasteiger partial charge in [-0.1, -0.05) is 18.2 Å². The van der Waals surface area contributed by atoms with Gasteiger partial charge in [-0.05, 0) is 27.2 Å². The topological polar surface area (TPSA) is 67.8 Å². The van der Waals surface area contributed by atoms with E-state index >= 15 is 0 Å². The maximum atomic E-state index is 11.4. The van der Waals surface area contributed by atoms with Crippen molar-refractivity contribution in [1.29, 1.82) is 0 Å². The summed E-state index contributed by atoms with van der Waals surface area (Å²) in [5.41, 5.74) is -0.0586. The molecule has 0 aliphatic carbocycles. The number of nitrogens with one attached hydrogen (secondary N) is 1. The largest absolute Gasteiger partial charge is 0.444 e. The Morgan fingerprint density at radius 3 is 2.56 bits per heavy atom. The van der Waals surface area contributed by atoms with Crippen LogP contribution in [-0.4, -0.2) is 29.7 Å². The summed E-state index contributed by atoms with van der Waals surface area (Å²) in [7, 11) is 0. The van der Waals surface area contributed by atoms with Crippen LogP contribution in [0.5, 0.6) is 0 Å². The van der Waals surface area contributed by atoms with Crippen molar-refractivity contribution in [3.05, 3.63) is 12.3 Å². The number of carbonyl (C=O) groups excluding carboxylic acids is 2. The molecule has 1 N–H and O–H groups in total. The van der Waals surface area contributed by atoms with Crippen molar-refractivity contribution in [1.82, 2.24) is 5.32 Å². The number of aldehydes is 1. The third-order valence-electron chi connectivity index (χ3n) is 1.65. The summed E-state index contributed by atoms with van der Waals surface area (Å²) in [5, 5.41) is 2.84. The van der Waals surface area contributed by atoms with Gasteiger partial charge in [-0.25, -0.2) is 4.79 Å². The second-order valence-corrected chi connectivity index (χ2v) is 5.05. The number of hydrogen-bond acceptors (Lipinski definition) is 4. The summed E-state index contributed by atoms with van der Waals surface area (Å²) in [6.45, 7) is 9.06. The highest BCUT2D eigenvalue weighted by molar-refractivity contribution is 6.65. The lowest BCUT2D eigenvalue weighted by atomic mass is 10.2. The average molecular weight is 275 g/mol. The first kappa shape index (κ1) is 16.6. The van der Waals surface area contributed by atoms with Crippen molar-refractivity contribution in [2.24, 2.45) is 4.99 Å². The molecule has 18 heavy (non-hydrogen) atoms. The zero-order valence-electron chi connectivity index (χ0n) is 11.0. The quantitative estimate of drug-likeness (QED) is 0.598. The standard InChI is InChI=1S/C12H19ClN2O3/c1-9(5-6-10(13)14-7-8-16)15-11(17)18-12(2,3)4/h8H,1,5-7H2,2-4H3,(H,15,17). The lowest BCUT2D eigenvalue weighted by Crippen LogP contribution is -2.31. The molecule has 0 saturated carbocycles. The summed E-state index contributed by atoms with van der Waals surface area (Å²) >= 11 is 5.75. The van der Waals surface area contributed by atoms with Crippen LogP contribution in [0.15, 0.2) is 17.3 Å². The molecular weight excluding hydrogens is 256 g/mol. The molecule has 0 aliphatic rings. The van der Waals surface area contributed by atoms with Gasteiger partial charge in [-0.15, -0.1) is 0 Å². The normalized spacial score (nSPS) is 11.9. The Morgan fingerprint density at radius 1 is 1.44 bits per heavy atom. The highest BCUT2D eigenvalue weighted by Gasteiger charge is 2.16. The molecule has 0 aromatic carbocycles.